The topological polar surface area (TPSA) is 140 Å². The number of carbonyl (C=O) groups excluding carboxylic acids is 4. The molecule has 0 bridgehead atoms. The highest BCUT2D eigenvalue weighted by atomic mass is 16.5. The molecule has 0 radical (unpaired) electrons. The molecule has 2 rings (SSSR count). The SMILES string of the molecule is CCCC[C@@H](NC(=O)OCc1ccccc1)C(=O)NCC(=O)N[C@@H](Cc1ccccc1)C(N)=O. The summed E-state index contributed by atoms with van der Waals surface area (Å²) < 4.78 is 5.19. The molecule has 4 amide bonds. The molecule has 0 unspecified atom stereocenters. The van der Waals surface area contributed by atoms with Crippen LogP contribution in [0.4, 0.5) is 4.79 Å². The van der Waals surface area contributed by atoms with E-state index in [2.05, 4.69) is 16.0 Å². The number of benzene rings is 2. The Morgan fingerprint density at radius 3 is 2.09 bits per heavy atom. The van der Waals surface area contributed by atoms with Gasteiger partial charge in [0, 0.05) is 6.42 Å². The van der Waals surface area contributed by atoms with Crippen LogP contribution in [0.1, 0.15) is 37.3 Å². The van der Waals surface area contributed by atoms with Crippen LogP contribution < -0.4 is 21.7 Å². The lowest BCUT2D eigenvalue weighted by Crippen LogP contribution is -2.52. The second-order valence-electron chi connectivity index (χ2n) is 7.83. The van der Waals surface area contributed by atoms with E-state index in [-0.39, 0.29) is 19.6 Å². The highest BCUT2D eigenvalue weighted by Gasteiger charge is 2.23. The van der Waals surface area contributed by atoms with E-state index in [1.807, 2.05) is 67.6 Å². The van der Waals surface area contributed by atoms with Gasteiger partial charge in [-0.15, -0.1) is 0 Å². The molecule has 2 atom stereocenters. The van der Waals surface area contributed by atoms with Gasteiger partial charge in [0.25, 0.3) is 0 Å². The highest BCUT2D eigenvalue weighted by molar-refractivity contribution is 5.91. The van der Waals surface area contributed by atoms with E-state index in [4.69, 9.17) is 10.5 Å². The van der Waals surface area contributed by atoms with Gasteiger partial charge in [0.05, 0.1) is 6.54 Å². The van der Waals surface area contributed by atoms with Crippen LogP contribution >= 0.6 is 0 Å². The van der Waals surface area contributed by atoms with Gasteiger partial charge >= 0.3 is 6.09 Å². The lowest BCUT2D eigenvalue weighted by atomic mass is 10.1. The van der Waals surface area contributed by atoms with Crippen LogP contribution in [-0.2, 0) is 32.1 Å². The first-order valence-electron chi connectivity index (χ1n) is 11.3. The number of nitrogens with one attached hydrogen (secondary N) is 3. The van der Waals surface area contributed by atoms with Crippen LogP contribution in [0, 0.1) is 0 Å². The fourth-order valence-electron chi connectivity index (χ4n) is 3.19. The number of hydrogen-bond donors (Lipinski definition) is 4. The molecule has 0 heterocycles. The summed E-state index contributed by atoms with van der Waals surface area (Å²) in [5.41, 5.74) is 7.08. The Kier molecular flexibility index (Phi) is 11.1. The normalized spacial score (nSPS) is 12.1. The third-order valence-electron chi connectivity index (χ3n) is 5.05. The van der Waals surface area contributed by atoms with Crippen molar-refractivity contribution < 1.29 is 23.9 Å². The van der Waals surface area contributed by atoms with E-state index < -0.39 is 35.9 Å². The maximum Gasteiger partial charge on any atom is 0.408 e. The van der Waals surface area contributed by atoms with Crippen molar-refractivity contribution in [1.82, 2.24) is 16.0 Å². The molecular formula is C25H32N4O5. The van der Waals surface area contributed by atoms with Gasteiger partial charge in [-0.25, -0.2) is 4.79 Å². The molecule has 34 heavy (non-hydrogen) atoms. The molecule has 2 aromatic rings. The maximum atomic E-state index is 12.6. The number of nitrogens with two attached hydrogens (primary N) is 1. The Balaban J connectivity index is 1.85. The molecule has 2 aromatic carbocycles. The van der Waals surface area contributed by atoms with Crippen molar-refractivity contribution in [2.75, 3.05) is 6.54 Å². The second-order valence-corrected chi connectivity index (χ2v) is 7.83. The van der Waals surface area contributed by atoms with Crippen LogP contribution in [0.25, 0.3) is 0 Å². The average Bonchev–Trinajstić information content (AvgIpc) is 2.84. The molecule has 0 aliphatic heterocycles. The molecule has 5 N–H and O–H groups in total. The Morgan fingerprint density at radius 2 is 1.50 bits per heavy atom. The third-order valence-corrected chi connectivity index (χ3v) is 5.05. The van der Waals surface area contributed by atoms with Crippen molar-refractivity contribution in [2.24, 2.45) is 5.73 Å². The number of carbonyl (C=O) groups is 4. The molecule has 9 nitrogen and oxygen atoms in total. The lowest BCUT2D eigenvalue weighted by molar-refractivity contribution is -0.129. The van der Waals surface area contributed by atoms with Crippen LogP contribution in [0.2, 0.25) is 0 Å². The summed E-state index contributed by atoms with van der Waals surface area (Å²) in [6.45, 7) is 1.68. The summed E-state index contributed by atoms with van der Waals surface area (Å²) in [4.78, 5) is 48.9. The molecule has 0 saturated carbocycles. The van der Waals surface area contributed by atoms with Gasteiger partial charge in [-0.1, -0.05) is 80.4 Å². The second kappa shape index (κ2) is 14.3. The quantitative estimate of drug-likeness (QED) is 0.355. The zero-order valence-electron chi connectivity index (χ0n) is 19.3. The van der Waals surface area contributed by atoms with Crippen molar-refractivity contribution in [3.05, 3.63) is 71.8 Å². The van der Waals surface area contributed by atoms with Crippen LogP contribution in [0.15, 0.2) is 60.7 Å². The highest BCUT2D eigenvalue weighted by Crippen LogP contribution is 2.05. The first-order chi connectivity index (χ1) is 16.4. The minimum Gasteiger partial charge on any atom is -0.445 e. The largest absolute Gasteiger partial charge is 0.445 e. The van der Waals surface area contributed by atoms with E-state index in [0.29, 0.717) is 12.8 Å². The summed E-state index contributed by atoms with van der Waals surface area (Å²) in [6.07, 6.45) is 1.43. The Morgan fingerprint density at radius 1 is 0.882 bits per heavy atom. The number of unbranched alkanes of at least 4 members (excludes halogenated alkanes) is 1. The van der Waals surface area contributed by atoms with Crippen LogP contribution in [0.5, 0.6) is 0 Å². The minimum absolute atomic E-state index is 0.0765. The van der Waals surface area contributed by atoms with E-state index in [1.54, 1.807) is 0 Å². The predicted octanol–water partition coefficient (Wildman–Crippen LogP) is 1.80. The monoisotopic (exact) mass is 468 g/mol. The molecule has 0 fully saturated rings. The fraction of sp³-hybridized carbons (Fsp3) is 0.360. The number of amides is 4. The van der Waals surface area contributed by atoms with Gasteiger partial charge in [0.15, 0.2) is 0 Å². The predicted molar refractivity (Wildman–Crippen MR) is 127 cm³/mol. The summed E-state index contributed by atoms with van der Waals surface area (Å²) in [7, 11) is 0. The van der Waals surface area contributed by atoms with E-state index in [1.165, 1.54) is 0 Å². The Bertz CT molecular complexity index is 937. The minimum atomic E-state index is -0.909. The Labute approximate surface area is 199 Å². The molecule has 0 aliphatic rings. The van der Waals surface area contributed by atoms with E-state index in [9.17, 15) is 19.2 Å². The number of ether oxygens (including phenoxy) is 1. The standard InChI is InChI=1S/C25H32N4O5/c1-2-3-14-20(29-25(33)34-17-19-12-8-5-9-13-19)24(32)27-16-22(30)28-21(23(26)31)15-18-10-6-4-7-11-18/h4-13,20-21H,2-3,14-17H2,1H3,(H2,26,31)(H,27,32)(H,28,30)(H,29,33)/t20-,21+/m1/s1. The molecule has 0 aliphatic carbocycles. The van der Waals surface area contributed by atoms with Gasteiger partial charge in [0.1, 0.15) is 18.7 Å². The van der Waals surface area contributed by atoms with Crippen LogP contribution in [0.3, 0.4) is 0 Å². The number of rotatable bonds is 13. The lowest BCUT2D eigenvalue weighted by Gasteiger charge is -2.19. The van der Waals surface area contributed by atoms with Gasteiger partial charge < -0.3 is 26.4 Å². The zero-order chi connectivity index (χ0) is 24.8. The summed E-state index contributed by atoms with van der Waals surface area (Å²) in [5, 5.41) is 7.61. The molecular weight excluding hydrogens is 436 g/mol. The van der Waals surface area contributed by atoms with Crippen molar-refractivity contribution in [3.8, 4) is 0 Å². The summed E-state index contributed by atoms with van der Waals surface area (Å²) >= 11 is 0. The summed E-state index contributed by atoms with van der Waals surface area (Å²) in [5.74, 6) is -1.75. The van der Waals surface area contributed by atoms with Crippen LogP contribution in [-0.4, -0.2) is 42.4 Å². The van der Waals surface area contributed by atoms with E-state index >= 15 is 0 Å². The van der Waals surface area contributed by atoms with Gasteiger partial charge in [-0.3, -0.25) is 14.4 Å². The van der Waals surface area contributed by atoms with E-state index in [0.717, 1.165) is 17.5 Å². The van der Waals surface area contributed by atoms with Gasteiger partial charge in [-0.05, 0) is 17.5 Å². The number of primary amides is 1. The van der Waals surface area contributed by atoms with Crippen molar-refractivity contribution in [1.29, 1.82) is 0 Å². The summed E-state index contributed by atoms with van der Waals surface area (Å²) in [6, 6.07) is 16.6. The Hall–Kier alpha value is -3.88. The fourth-order valence-corrected chi connectivity index (χ4v) is 3.19. The van der Waals surface area contributed by atoms with Crippen molar-refractivity contribution >= 4 is 23.8 Å². The molecule has 0 spiro atoms. The van der Waals surface area contributed by atoms with Crippen molar-refractivity contribution in [3.63, 3.8) is 0 Å². The molecule has 0 aromatic heterocycles. The van der Waals surface area contributed by atoms with Gasteiger partial charge in [-0.2, -0.15) is 0 Å². The number of alkyl carbamates (subject to hydrolysis) is 1. The average molecular weight is 469 g/mol. The van der Waals surface area contributed by atoms with Crippen molar-refractivity contribution in [2.45, 2.75) is 51.3 Å². The maximum absolute atomic E-state index is 12.6. The smallest absolute Gasteiger partial charge is 0.408 e. The first kappa shape index (κ1) is 26.4. The zero-order valence-corrected chi connectivity index (χ0v) is 19.3. The number of hydrogen-bond acceptors (Lipinski definition) is 5. The molecule has 0 saturated heterocycles. The van der Waals surface area contributed by atoms with Gasteiger partial charge in [0.2, 0.25) is 17.7 Å². The molecule has 9 heteroatoms. The third kappa shape index (κ3) is 9.72. The first-order valence-corrected chi connectivity index (χ1v) is 11.3. The molecule has 182 valence electrons.